The predicted molar refractivity (Wildman–Crippen MR) is 162 cm³/mol. The number of hydrogen-bond donors (Lipinski definition) is 3. The molecule has 6 rings (SSSR count). The number of primary amides is 1. The number of halogens is 4. The third-order valence-corrected chi connectivity index (χ3v) is 8.47. The van der Waals surface area contributed by atoms with Crippen LogP contribution in [0.25, 0.3) is 16.9 Å². The van der Waals surface area contributed by atoms with Gasteiger partial charge in [-0.2, -0.15) is 23.5 Å². The van der Waals surface area contributed by atoms with E-state index in [0.29, 0.717) is 31.6 Å². The number of nitriles is 1. The van der Waals surface area contributed by atoms with Crippen molar-refractivity contribution in [2.75, 3.05) is 25.0 Å². The van der Waals surface area contributed by atoms with E-state index in [4.69, 9.17) is 33.1 Å². The summed E-state index contributed by atoms with van der Waals surface area (Å²) >= 11 is 6.55. The number of fused-ring (bicyclic) bond motifs is 1. The molecule has 1 aromatic carbocycles. The Morgan fingerprint density at radius 3 is 2.62 bits per heavy atom. The number of carbonyl (C=O) groups is 3. The molecule has 15 nitrogen and oxygen atoms in total. The lowest BCUT2D eigenvalue weighted by Gasteiger charge is -2.48. The van der Waals surface area contributed by atoms with Crippen LogP contribution in [0.15, 0.2) is 43.0 Å². The van der Waals surface area contributed by atoms with Crippen LogP contribution in [0, 0.1) is 11.3 Å². The molecule has 0 spiro atoms. The largest absolute Gasteiger partial charge is 0.437 e. The number of alkyl halides is 3. The maximum absolute atomic E-state index is 13.8. The number of piperazine rings is 1. The highest BCUT2D eigenvalue weighted by Gasteiger charge is 2.42. The summed E-state index contributed by atoms with van der Waals surface area (Å²) in [6.07, 6.45) is 0.860. The van der Waals surface area contributed by atoms with Gasteiger partial charge in [0.05, 0.1) is 40.7 Å². The van der Waals surface area contributed by atoms with Crippen LogP contribution in [0.1, 0.15) is 28.9 Å². The van der Waals surface area contributed by atoms with Gasteiger partial charge in [-0.3, -0.25) is 23.6 Å². The molecular weight excluding hydrogens is 659 g/mol. The van der Waals surface area contributed by atoms with E-state index in [1.807, 2.05) is 4.90 Å². The van der Waals surface area contributed by atoms with Gasteiger partial charge in [0.2, 0.25) is 0 Å². The molecule has 1 unspecified atom stereocenters. The predicted octanol–water partition coefficient (Wildman–Crippen LogP) is 2.13. The third kappa shape index (κ3) is 6.34. The number of hydrogen-bond acceptors (Lipinski definition) is 11. The van der Waals surface area contributed by atoms with Crippen LogP contribution in [-0.2, 0) is 27.0 Å². The number of benzene rings is 1. The zero-order valence-electron chi connectivity index (χ0n) is 24.9. The van der Waals surface area contributed by atoms with Crippen LogP contribution in [0.5, 0.6) is 0 Å². The summed E-state index contributed by atoms with van der Waals surface area (Å²) in [5, 5.41) is 15.6. The first-order chi connectivity index (χ1) is 22.8. The first-order valence-electron chi connectivity index (χ1n) is 14.6. The molecule has 3 aromatic heterocycles. The molecule has 2 fully saturated rings. The second-order valence-electron chi connectivity index (χ2n) is 11.3. The molecule has 4 heterocycles. The standard InChI is InChI=1S/C29H27ClF3N11O4/c30-20-11-16(1-2-18(20)27(46)41-7-8-43(17-9-15(35)10-17)22(14-41)48-28(47)24(36)45)39-25-26-38-12-21(44(26)6-4-37-25)19-13-42(5-3-34)40-23(19)29(31,32)33/h1-2,4,6,11-13,15,17,22H,5,7-10,14,35H2,(H2,36,45)(H,37,39). The van der Waals surface area contributed by atoms with E-state index in [1.54, 1.807) is 12.1 Å². The molecule has 2 aliphatic rings. The number of rotatable bonds is 7. The number of aromatic nitrogens is 5. The normalized spacial score (nSPS) is 19.8. The molecule has 2 amide bonds. The van der Waals surface area contributed by atoms with Crippen LogP contribution in [0.4, 0.5) is 24.7 Å². The average molecular weight is 686 g/mol. The highest BCUT2D eigenvalue weighted by atomic mass is 35.5. The summed E-state index contributed by atoms with van der Waals surface area (Å²) < 4.78 is 49.0. The van der Waals surface area contributed by atoms with E-state index >= 15 is 0 Å². The molecule has 19 heteroatoms. The van der Waals surface area contributed by atoms with Gasteiger partial charge in [-0.15, -0.1) is 0 Å². The fourth-order valence-corrected chi connectivity index (χ4v) is 6.07. The number of esters is 1. The number of amides is 2. The monoisotopic (exact) mass is 685 g/mol. The van der Waals surface area contributed by atoms with Gasteiger partial charge in [0.1, 0.15) is 6.54 Å². The zero-order valence-corrected chi connectivity index (χ0v) is 25.6. The second kappa shape index (κ2) is 12.7. The Labute approximate surface area is 274 Å². The molecule has 1 saturated carbocycles. The van der Waals surface area contributed by atoms with Crippen molar-refractivity contribution in [1.29, 1.82) is 5.26 Å². The zero-order chi connectivity index (χ0) is 34.3. The van der Waals surface area contributed by atoms with Crippen molar-refractivity contribution < 1.29 is 32.3 Å². The Hall–Kier alpha value is -5.25. The number of carbonyl (C=O) groups excluding carboxylic acids is 3. The lowest BCUT2D eigenvalue weighted by molar-refractivity contribution is -0.174. The third-order valence-electron chi connectivity index (χ3n) is 8.15. The molecular formula is C29H27ClF3N11O4. The molecule has 1 saturated heterocycles. The lowest BCUT2D eigenvalue weighted by atomic mass is 9.85. The Morgan fingerprint density at radius 2 is 1.96 bits per heavy atom. The molecule has 1 aliphatic carbocycles. The number of anilines is 2. The number of nitrogens with zero attached hydrogens (tertiary/aromatic N) is 8. The molecule has 48 heavy (non-hydrogen) atoms. The SMILES string of the molecule is N#CCn1cc(-c2cnc3c(Nc4ccc(C(=O)N5CCN(C6CC(N)C6)C(OC(=O)C(N)=O)C5)c(Cl)c4)nccn23)c(C(F)(F)F)n1. The van der Waals surface area contributed by atoms with Crippen molar-refractivity contribution in [3.8, 4) is 17.3 Å². The van der Waals surface area contributed by atoms with E-state index in [9.17, 15) is 27.6 Å². The van der Waals surface area contributed by atoms with Gasteiger partial charge in [-0.05, 0) is 31.0 Å². The molecule has 5 N–H and O–H groups in total. The number of nitrogens with two attached hydrogens (primary N) is 2. The van der Waals surface area contributed by atoms with Crippen molar-refractivity contribution in [3.05, 3.63) is 59.3 Å². The Balaban J connectivity index is 1.21. The summed E-state index contributed by atoms with van der Waals surface area (Å²) in [7, 11) is 0. The smallest absolute Gasteiger partial charge is 0.435 e. The topological polar surface area (TPSA) is 203 Å². The van der Waals surface area contributed by atoms with Gasteiger partial charge in [0.25, 0.3) is 5.91 Å². The lowest BCUT2D eigenvalue weighted by Crippen LogP contribution is -2.63. The summed E-state index contributed by atoms with van der Waals surface area (Å²) in [5.74, 6) is -2.71. The number of imidazole rings is 1. The van der Waals surface area contributed by atoms with Gasteiger partial charge in [0, 0.05) is 49.5 Å². The van der Waals surface area contributed by atoms with Gasteiger partial charge < -0.3 is 26.4 Å². The Morgan fingerprint density at radius 1 is 1.19 bits per heavy atom. The quantitative estimate of drug-likeness (QED) is 0.190. The van der Waals surface area contributed by atoms with Gasteiger partial charge in [-0.1, -0.05) is 11.6 Å². The van der Waals surface area contributed by atoms with E-state index in [-0.39, 0.29) is 58.5 Å². The summed E-state index contributed by atoms with van der Waals surface area (Å²) in [6, 6.07) is 6.37. The van der Waals surface area contributed by atoms with E-state index in [0.717, 1.165) is 10.9 Å². The molecule has 0 radical (unpaired) electrons. The van der Waals surface area contributed by atoms with Crippen molar-refractivity contribution >= 4 is 46.5 Å². The van der Waals surface area contributed by atoms with Crippen molar-refractivity contribution in [2.24, 2.45) is 11.5 Å². The van der Waals surface area contributed by atoms with E-state index in [1.165, 1.54) is 40.0 Å². The maximum atomic E-state index is 13.8. The Bertz CT molecular complexity index is 1950. The van der Waals surface area contributed by atoms with Crippen LogP contribution in [0.2, 0.25) is 5.02 Å². The highest BCUT2D eigenvalue weighted by molar-refractivity contribution is 6.34. The van der Waals surface area contributed by atoms with Crippen molar-refractivity contribution in [3.63, 3.8) is 0 Å². The van der Waals surface area contributed by atoms with Crippen molar-refractivity contribution in [2.45, 2.75) is 43.9 Å². The minimum atomic E-state index is -4.78. The molecule has 4 aromatic rings. The first kappa shape index (κ1) is 32.7. The molecule has 1 aliphatic heterocycles. The minimum Gasteiger partial charge on any atom is -0.437 e. The van der Waals surface area contributed by atoms with Crippen LogP contribution in [0.3, 0.4) is 0 Å². The van der Waals surface area contributed by atoms with Crippen LogP contribution in [-0.4, -0.2) is 89.7 Å². The molecule has 250 valence electrons. The van der Waals surface area contributed by atoms with E-state index < -0.39 is 35.9 Å². The second-order valence-corrected chi connectivity index (χ2v) is 11.7. The fourth-order valence-electron chi connectivity index (χ4n) is 5.81. The highest BCUT2D eigenvalue weighted by Crippen LogP contribution is 2.37. The number of ether oxygens (including phenoxy) is 1. The van der Waals surface area contributed by atoms with E-state index in [2.05, 4.69) is 20.4 Å². The molecule has 0 bridgehead atoms. The first-order valence-corrected chi connectivity index (χ1v) is 14.9. The van der Waals surface area contributed by atoms with Crippen LogP contribution >= 0.6 is 11.6 Å². The summed E-state index contributed by atoms with van der Waals surface area (Å²) in [4.78, 5) is 48.9. The summed E-state index contributed by atoms with van der Waals surface area (Å²) in [6.45, 7) is 0.260. The average Bonchev–Trinajstić information content (AvgIpc) is 3.65. The number of nitrogens with one attached hydrogen (secondary N) is 1. The Kier molecular flexibility index (Phi) is 8.68. The van der Waals surface area contributed by atoms with Gasteiger partial charge in [0.15, 0.2) is 23.4 Å². The summed E-state index contributed by atoms with van der Waals surface area (Å²) in [5.41, 5.74) is 10.4. The van der Waals surface area contributed by atoms with Gasteiger partial charge in [-0.25, -0.2) is 14.8 Å². The maximum Gasteiger partial charge on any atom is 0.435 e. The molecule has 1 atom stereocenters. The van der Waals surface area contributed by atoms with Crippen LogP contribution < -0.4 is 16.8 Å². The van der Waals surface area contributed by atoms with Crippen molar-refractivity contribution in [1.82, 2.24) is 33.9 Å². The minimum absolute atomic E-state index is 0.0216. The van der Waals surface area contributed by atoms with Gasteiger partial charge >= 0.3 is 18.1 Å². The fraction of sp³-hybridized carbons (Fsp3) is 0.345.